The summed E-state index contributed by atoms with van der Waals surface area (Å²) >= 11 is 5.95. The van der Waals surface area contributed by atoms with Crippen LogP contribution in [0.1, 0.15) is 17.0 Å². The lowest BCUT2D eigenvalue weighted by atomic mass is 9.74. The molecule has 1 aromatic carbocycles. The molecule has 126 valence electrons. The second-order valence-corrected chi connectivity index (χ2v) is 6.90. The Balaban J connectivity index is 1.63. The van der Waals surface area contributed by atoms with E-state index in [0.29, 0.717) is 36.8 Å². The first-order valence-corrected chi connectivity index (χ1v) is 8.17. The van der Waals surface area contributed by atoms with Gasteiger partial charge in [0, 0.05) is 36.0 Å². The van der Waals surface area contributed by atoms with Gasteiger partial charge in [0.05, 0.1) is 12.0 Å². The van der Waals surface area contributed by atoms with Gasteiger partial charge >= 0.3 is 5.97 Å². The molecule has 0 unspecified atom stereocenters. The van der Waals surface area contributed by atoms with Crippen LogP contribution >= 0.6 is 11.6 Å². The fourth-order valence-corrected chi connectivity index (χ4v) is 3.91. The van der Waals surface area contributed by atoms with E-state index in [9.17, 15) is 14.7 Å². The van der Waals surface area contributed by atoms with Crippen LogP contribution in [-0.2, 0) is 9.53 Å². The Morgan fingerprint density at radius 1 is 1.33 bits per heavy atom. The number of carbonyl (C=O) groups excluding carboxylic acids is 1. The van der Waals surface area contributed by atoms with E-state index in [4.69, 9.17) is 20.8 Å². The first kappa shape index (κ1) is 15.5. The number of fused-ring (bicyclic) bond motifs is 2. The largest absolute Gasteiger partial charge is 0.481 e. The van der Waals surface area contributed by atoms with Gasteiger partial charge in [0.15, 0.2) is 5.76 Å². The molecule has 7 heteroatoms. The molecule has 1 amide bonds. The molecule has 2 aromatic rings. The van der Waals surface area contributed by atoms with E-state index in [1.165, 1.54) is 0 Å². The van der Waals surface area contributed by atoms with Crippen LogP contribution in [0.2, 0.25) is 5.02 Å². The molecule has 3 heterocycles. The molecule has 4 rings (SSSR count). The number of hydrogen-bond acceptors (Lipinski definition) is 4. The summed E-state index contributed by atoms with van der Waals surface area (Å²) in [7, 11) is 0. The predicted octanol–water partition coefficient (Wildman–Crippen LogP) is 2.65. The van der Waals surface area contributed by atoms with E-state index in [2.05, 4.69) is 0 Å². The Hall–Kier alpha value is -2.05. The minimum absolute atomic E-state index is 0.187. The van der Waals surface area contributed by atoms with Crippen LogP contribution in [0.5, 0.6) is 0 Å². The van der Waals surface area contributed by atoms with Crippen LogP contribution in [0.15, 0.2) is 28.7 Å². The number of amides is 1. The third-order valence-electron chi connectivity index (χ3n) is 5.11. The number of aliphatic carboxylic acids is 1. The Kier molecular flexibility index (Phi) is 3.54. The van der Waals surface area contributed by atoms with Crippen molar-refractivity contribution in [3.05, 3.63) is 35.0 Å². The van der Waals surface area contributed by atoms with Gasteiger partial charge in [-0.15, -0.1) is 0 Å². The summed E-state index contributed by atoms with van der Waals surface area (Å²) in [5.74, 6) is -1.14. The average molecular weight is 350 g/mol. The molecule has 1 N–H and O–H groups in total. The Morgan fingerprint density at radius 3 is 2.92 bits per heavy atom. The van der Waals surface area contributed by atoms with Crippen molar-refractivity contribution in [2.45, 2.75) is 6.42 Å². The molecule has 2 atom stereocenters. The summed E-state index contributed by atoms with van der Waals surface area (Å²) in [6.45, 7) is 1.33. The number of ether oxygens (including phenoxy) is 1. The molecule has 0 saturated carbocycles. The van der Waals surface area contributed by atoms with E-state index in [1.54, 1.807) is 29.2 Å². The molecule has 24 heavy (non-hydrogen) atoms. The predicted molar refractivity (Wildman–Crippen MR) is 86.1 cm³/mol. The molecule has 0 spiro atoms. The third-order valence-corrected chi connectivity index (χ3v) is 5.34. The average Bonchev–Trinajstić information content (AvgIpc) is 3.15. The maximum Gasteiger partial charge on any atom is 0.311 e. The summed E-state index contributed by atoms with van der Waals surface area (Å²) in [5.41, 5.74) is -0.334. The van der Waals surface area contributed by atoms with Crippen molar-refractivity contribution >= 4 is 34.4 Å². The number of halogens is 1. The van der Waals surface area contributed by atoms with Crippen LogP contribution < -0.4 is 0 Å². The summed E-state index contributed by atoms with van der Waals surface area (Å²) < 4.78 is 11.0. The number of furan rings is 1. The Bertz CT molecular complexity index is 831. The fraction of sp³-hybridized carbons (Fsp3) is 0.412. The Labute approximate surface area is 142 Å². The number of rotatable bonds is 2. The molecule has 0 aliphatic carbocycles. The summed E-state index contributed by atoms with van der Waals surface area (Å²) in [5, 5.41) is 11.0. The van der Waals surface area contributed by atoms with Crippen molar-refractivity contribution in [1.82, 2.24) is 4.90 Å². The Morgan fingerprint density at radius 2 is 2.17 bits per heavy atom. The maximum absolute atomic E-state index is 12.8. The number of nitrogens with zero attached hydrogens (tertiary/aromatic N) is 1. The summed E-state index contributed by atoms with van der Waals surface area (Å²) in [6, 6.07) is 6.79. The molecule has 6 nitrogen and oxygen atoms in total. The van der Waals surface area contributed by atoms with Crippen molar-refractivity contribution in [2.75, 3.05) is 26.3 Å². The van der Waals surface area contributed by atoms with Gasteiger partial charge < -0.3 is 19.2 Å². The number of likely N-dealkylation sites (tertiary alicyclic amines) is 1. The number of carboxylic acids is 1. The van der Waals surface area contributed by atoms with Gasteiger partial charge in [0.1, 0.15) is 5.58 Å². The minimum atomic E-state index is -0.913. The lowest BCUT2D eigenvalue weighted by Crippen LogP contribution is -2.45. The number of carboxylic acid groups (broad SMARTS) is 1. The zero-order chi connectivity index (χ0) is 16.9. The standard InChI is InChI=1S/C17H16ClNO5/c18-12-1-2-13-10(5-12)6-14(24-13)15(20)19-7-11-8-23-4-3-17(11,9-19)16(21)22/h1-2,5-6,11H,3-4,7-9H2,(H,21,22)/t11-,17+/m0/s1. The maximum atomic E-state index is 12.8. The van der Waals surface area contributed by atoms with E-state index in [1.807, 2.05) is 0 Å². The van der Waals surface area contributed by atoms with Crippen LogP contribution in [0.25, 0.3) is 11.0 Å². The van der Waals surface area contributed by atoms with Crippen molar-refractivity contribution in [1.29, 1.82) is 0 Å². The van der Waals surface area contributed by atoms with E-state index in [0.717, 1.165) is 5.39 Å². The molecule has 2 aliphatic heterocycles. The van der Waals surface area contributed by atoms with Crippen LogP contribution in [0.4, 0.5) is 0 Å². The van der Waals surface area contributed by atoms with Gasteiger partial charge in [-0.2, -0.15) is 0 Å². The fourth-order valence-electron chi connectivity index (χ4n) is 3.73. The lowest BCUT2D eigenvalue weighted by molar-refractivity contribution is -0.157. The van der Waals surface area contributed by atoms with Crippen molar-refractivity contribution in [3.63, 3.8) is 0 Å². The minimum Gasteiger partial charge on any atom is -0.481 e. The van der Waals surface area contributed by atoms with Crippen LogP contribution in [0, 0.1) is 11.3 Å². The summed E-state index contributed by atoms with van der Waals surface area (Å²) in [4.78, 5) is 26.1. The van der Waals surface area contributed by atoms with Gasteiger partial charge in [-0.05, 0) is 30.7 Å². The SMILES string of the molecule is O=C(c1cc2cc(Cl)ccc2o1)N1C[C@H]2COCC[C@@]2(C(=O)O)C1. The van der Waals surface area contributed by atoms with Gasteiger partial charge in [0.25, 0.3) is 5.91 Å². The molecule has 0 radical (unpaired) electrons. The van der Waals surface area contributed by atoms with Crippen LogP contribution in [0.3, 0.4) is 0 Å². The van der Waals surface area contributed by atoms with Gasteiger partial charge in [-0.3, -0.25) is 9.59 Å². The molecule has 0 bridgehead atoms. The van der Waals surface area contributed by atoms with Gasteiger partial charge in [0.2, 0.25) is 0 Å². The number of hydrogen-bond donors (Lipinski definition) is 1. The smallest absolute Gasteiger partial charge is 0.311 e. The number of carbonyl (C=O) groups is 2. The molecule has 2 saturated heterocycles. The first-order valence-electron chi connectivity index (χ1n) is 7.79. The monoisotopic (exact) mass is 349 g/mol. The highest BCUT2D eigenvalue weighted by molar-refractivity contribution is 6.31. The van der Waals surface area contributed by atoms with Crippen LogP contribution in [-0.4, -0.2) is 48.2 Å². The van der Waals surface area contributed by atoms with Crippen molar-refractivity contribution in [2.24, 2.45) is 11.3 Å². The van der Waals surface area contributed by atoms with Crippen molar-refractivity contribution in [3.8, 4) is 0 Å². The normalized spacial score (nSPS) is 26.5. The van der Waals surface area contributed by atoms with E-state index in [-0.39, 0.29) is 24.1 Å². The molecule has 1 aromatic heterocycles. The van der Waals surface area contributed by atoms with E-state index >= 15 is 0 Å². The second kappa shape index (κ2) is 5.50. The topological polar surface area (TPSA) is 80.0 Å². The summed E-state index contributed by atoms with van der Waals surface area (Å²) in [6.07, 6.45) is 0.423. The highest BCUT2D eigenvalue weighted by Gasteiger charge is 2.55. The quantitative estimate of drug-likeness (QED) is 0.901. The highest BCUT2D eigenvalue weighted by Crippen LogP contribution is 2.43. The zero-order valence-electron chi connectivity index (χ0n) is 12.8. The second-order valence-electron chi connectivity index (χ2n) is 6.46. The molecular formula is C17H16ClNO5. The van der Waals surface area contributed by atoms with E-state index < -0.39 is 11.4 Å². The van der Waals surface area contributed by atoms with Crippen molar-refractivity contribution < 1.29 is 23.8 Å². The third kappa shape index (κ3) is 2.29. The highest BCUT2D eigenvalue weighted by atomic mass is 35.5. The van der Waals surface area contributed by atoms with Gasteiger partial charge in [-0.25, -0.2) is 0 Å². The molecule has 2 fully saturated rings. The zero-order valence-corrected chi connectivity index (χ0v) is 13.6. The lowest BCUT2D eigenvalue weighted by Gasteiger charge is -2.33. The first-order chi connectivity index (χ1) is 11.5. The van der Waals surface area contributed by atoms with Gasteiger partial charge in [-0.1, -0.05) is 11.6 Å². The molecule has 2 aliphatic rings. The molecular weight excluding hydrogens is 334 g/mol. The number of benzene rings is 1.